The average Bonchev–Trinajstić information content (AvgIpc) is 3.32. The van der Waals surface area contributed by atoms with E-state index in [0.29, 0.717) is 28.2 Å². The molecular formula is C24H22ClN3O3S. The number of benzene rings is 2. The van der Waals surface area contributed by atoms with Gasteiger partial charge in [0.2, 0.25) is 0 Å². The number of ether oxygens (including phenoxy) is 1. The van der Waals surface area contributed by atoms with Crippen molar-refractivity contribution in [2.24, 2.45) is 0 Å². The molecule has 0 spiro atoms. The Hall–Kier alpha value is -3.34. The number of hydrogen-bond acceptors (Lipinski definition) is 6. The Morgan fingerprint density at radius 1 is 1.16 bits per heavy atom. The fraction of sp³-hybridized carbons (Fsp3) is 0.167. The van der Waals surface area contributed by atoms with Crippen molar-refractivity contribution < 1.29 is 13.9 Å². The standard InChI is InChI=1S/C24H22ClN3O3S/c1-2-30-19-11-9-18(10-12-19)28-24(32-16-17-6-3-4-8-22(17)25)21(14-26)23(29)27-15-20-7-5-13-31-20/h3-13,28H,2,15-16H2,1H3,(H,27,29). The highest BCUT2D eigenvalue weighted by molar-refractivity contribution is 8.02. The smallest absolute Gasteiger partial charge is 0.265 e. The fourth-order valence-electron chi connectivity index (χ4n) is 2.74. The largest absolute Gasteiger partial charge is 0.494 e. The van der Waals surface area contributed by atoms with E-state index >= 15 is 0 Å². The van der Waals surface area contributed by atoms with Gasteiger partial charge in [-0.1, -0.05) is 29.8 Å². The van der Waals surface area contributed by atoms with Gasteiger partial charge < -0.3 is 19.8 Å². The highest BCUT2D eigenvalue weighted by atomic mass is 35.5. The zero-order chi connectivity index (χ0) is 22.8. The Morgan fingerprint density at radius 2 is 1.94 bits per heavy atom. The van der Waals surface area contributed by atoms with Crippen molar-refractivity contribution in [2.45, 2.75) is 19.2 Å². The van der Waals surface area contributed by atoms with E-state index < -0.39 is 5.91 Å². The molecule has 0 aliphatic rings. The molecule has 1 aromatic heterocycles. The van der Waals surface area contributed by atoms with E-state index in [0.717, 1.165) is 17.0 Å². The van der Waals surface area contributed by atoms with Crippen molar-refractivity contribution in [1.29, 1.82) is 5.26 Å². The number of nitriles is 1. The number of hydrogen-bond donors (Lipinski definition) is 2. The Bertz CT molecular complexity index is 1110. The molecule has 2 N–H and O–H groups in total. The molecule has 0 saturated heterocycles. The molecule has 0 bridgehead atoms. The molecule has 8 heteroatoms. The van der Waals surface area contributed by atoms with E-state index in [4.69, 9.17) is 20.8 Å². The normalized spacial score (nSPS) is 11.3. The Balaban J connectivity index is 1.83. The predicted molar refractivity (Wildman–Crippen MR) is 127 cm³/mol. The maximum absolute atomic E-state index is 12.8. The molecule has 2 aromatic carbocycles. The van der Waals surface area contributed by atoms with Crippen LogP contribution in [0.4, 0.5) is 5.69 Å². The molecule has 3 rings (SSSR count). The summed E-state index contributed by atoms with van der Waals surface area (Å²) in [6.45, 7) is 2.67. The van der Waals surface area contributed by atoms with Gasteiger partial charge in [0, 0.05) is 16.5 Å². The van der Waals surface area contributed by atoms with Gasteiger partial charge in [-0.25, -0.2) is 0 Å². The van der Waals surface area contributed by atoms with Gasteiger partial charge in [0.25, 0.3) is 5.91 Å². The average molecular weight is 468 g/mol. The number of furan rings is 1. The molecule has 6 nitrogen and oxygen atoms in total. The summed E-state index contributed by atoms with van der Waals surface area (Å²) < 4.78 is 10.7. The zero-order valence-corrected chi connectivity index (χ0v) is 19.0. The third-order valence-corrected chi connectivity index (χ3v) is 5.74. The topological polar surface area (TPSA) is 87.3 Å². The number of halogens is 1. The van der Waals surface area contributed by atoms with Crippen molar-refractivity contribution in [3.05, 3.63) is 93.9 Å². The minimum atomic E-state index is -0.496. The van der Waals surface area contributed by atoms with Gasteiger partial charge in [-0.15, -0.1) is 11.8 Å². The molecule has 0 fully saturated rings. The highest BCUT2D eigenvalue weighted by Crippen LogP contribution is 2.29. The molecule has 3 aromatic rings. The van der Waals surface area contributed by atoms with Crippen molar-refractivity contribution in [3.8, 4) is 11.8 Å². The highest BCUT2D eigenvalue weighted by Gasteiger charge is 2.17. The number of carbonyl (C=O) groups is 1. The quantitative estimate of drug-likeness (QED) is 0.292. The molecule has 1 heterocycles. The van der Waals surface area contributed by atoms with Gasteiger partial charge in [0.15, 0.2) is 0 Å². The van der Waals surface area contributed by atoms with Gasteiger partial charge in [0.1, 0.15) is 23.2 Å². The third-order valence-electron chi connectivity index (χ3n) is 4.32. The SMILES string of the molecule is CCOc1ccc(NC(SCc2ccccc2Cl)=C(C#N)C(=O)NCc2ccco2)cc1. The van der Waals surface area contributed by atoms with Crippen molar-refractivity contribution in [1.82, 2.24) is 5.32 Å². The van der Waals surface area contributed by atoms with Crippen LogP contribution in [0, 0.1) is 11.3 Å². The van der Waals surface area contributed by atoms with E-state index in [1.807, 2.05) is 61.5 Å². The number of carbonyl (C=O) groups excluding carboxylic acids is 1. The second-order valence-corrected chi connectivity index (χ2v) is 7.93. The Morgan fingerprint density at radius 3 is 2.59 bits per heavy atom. The van der Waals surface area contributed by atoms with Gasteiger partial charge in [-0.05, 0) is 55.0 Å². The van der Waals surface area contributed by atoms with Crippen molar-refractivity contribution in [2.75, 3.05) is 11.9 Å². The molecule has 1 amide bonds. The predicted octanol–water partition coefficient (Wildman–Crippen LogP) is 5.73. The third kappa shape index (κ3) is 6.58. The summed E-state index contributed by atoms with van der Waals surface area (Å²) in [5.41, 5.74) is 1.60. The van der Waals surface area contributed by atoms with E-state index in [-0.39, 0.29) is 12.1 Å². The van der Waals surface area contributed by atoms with Crippen LogP contribution in [0.1, 0.15) is 18.2 Å². The van der Waals surface area contributed by atoms with Gasteiger partial charge >= 0.3 is 0 Å². The molecule has 0 radical (unpaired) electrons. The second kappa shape index (κ2) is 11.9. The van der Waals surface area contributed by atoms with Gasteiger partial charge in [-0.2, -0.15) is 5.26 Å². The van der Waals surface area contributed by atoms with Crippen LogP contribution in [-0.4, -0.2) is 12.5 Å². The van der Waals surface area contributed by atoms with E-state index in [1.54, 1.807) is 12.1 Å². The lowest BCUT2D eigenvalue weighted by Crippen LogP contribution is -2.25. The molecule has 0 aliphatic carbocycles. The van der Waals surface area contributed by atoms with E-state index in [2.05, 4.69) is 10.6 Å². The zero-order valence-electron chi connectivity index (χ0n) is 17.4. The summed E-state index contributed by atoms with van der Waals surface area (Å²) in [5, 5.41) is 16.8. The summed E-state index contributed by atoms with van der Waals surface area (Å²) in [5.74, 6) is 1.32. The van der Waals surface area contributed by atoms with Crippen LogP contribution >= 0.6 is 23.4 Å². The van der Waals surface area contributed by atoms with Gasteiger partial charge in [0.05, 0.1) is 24.4 Å². The molecule has 0 aliphatic heterocycles. The molecule has 0 unspecified atom stereocenters. The number of rotatable bonds is 10. The maximum atomic E-state index is 12.8. The number of amides is 1. The van der Waals surface area contributed by atoms with Crippen LogP contribution in [0.5, 0.6) is 5.75 Å². The summed E-state index contributed by atoms with van der Waals surface area (Å²) in [6.07, 6.45) is 1.53. The van der Waals surface area contributed by atoms with Crippen molar-refractivity contribution in [3.63, 3.8) is 0 Å². The van der Waals surface area contributed by atoms with Crippen LogP contribution in [-0.2, 0) is 17.1 Å². The van der Waals surface area contributed by atoms with Crippen LogP contribution in [0.3, 0.4) is 0 Å². The number of thioether (sulfide) groups is 1. The minimum absolute atomic E-state index is 0.0255. The molecule has 0 saturated carbocycles. The molecule has 164 valence electrons. The Labute approximate surface area is 196 Å². The first kappa shape index (κ1) is 23.3. The molecular weight excluding hydrogens is 446 g/mol. The monoisotopic (exact) mass is 467 g/mol. The molecule has 0 atom stereocenters. The van der Waals surface area contributed by atoms with Crippen LogP contribution in [0.2, 0.25) is 5.02 Å². The summed E-state index contributed by atoms with van der Waals surface area (Å²) in [6, 6.07) is 20.3. The Kier molecular flexibility index (Phi) is 8.67. The first-order chi connectivity index (χ1) is 15.6. The summed E-state index contributed by atoms with van der Waals surface area (Å²) in [7, 11) is 0. The lowest BCUT2D eigenvalue weighted by atomic mass is 10.2. The molecule has 32 heavy (non-hydrogen) atoms. The summed E-state index contributed by atoms with van der Waals surface area (Å²) >= 11 is 7.61. The first-order valence-corrected chi connectivity index (χ1v) is 11.3. The van der Waals surface area contributed by atoms with Gasteiger partial charge in [-0.3, -0.25) is 4.79 Å². The number of nitrogens with zero attached hydrogens (tertiary/aromatic N) is 1. The van der Waals surface area contributed by atoms with Crippen LogP contribution in [0.25, 0.3) is 0 Å². The second-order valence-electron chi connectivity index (χ2n) is 6.54. The minimum Gasteiger partial charge on any atom is -0.494 e. The van der Waals surface area contributed by atoms with Crippen molar-refractivity contribution >= 4 is 35.0 Å². The lowest BCUT2D eigenvalue weighted by Gasteiger charge is -2.14. The fourth-order valence-corrected chi connectivity index (χ4v) is 4.05. The summed E-state index contributed by atoms with van der Waals surface area (Å²) in [4.78, 5) is 12.8. The number of nitrogens with one attached hydrogen (secondary N) is 2. The van der Waals surface area contributed by atoms with E-state index in [9.17, 15) is 10.1 Å². The number of anilines is 1. The lowest BCUT2D eigenvalue weighted by molar-refractivity contribution is -0.117. The maximum Gasteiger partial charge on any atom is 0.265 e. The first-order valence-electron chi connectivity index (χ1n) is 9.91. The van der Waals surface area contributed by atoms with Crippen LogP contribution < -0.4 is 15.4 Å². The van der Waals surface area contributed by atoms with Crippen LogP contribution in [0.15, 0.2) is 81.9 Å². The van der Waals surface area contributed by atoms with E-state index in [1.165, 1.54) is 18.0 Å².